The molecule has 0 saturated heterocycles. The quantitative estimate of drug-likeness (QED) is 0.629. The monoisotopic (exact) mass is 276 g/mol. The van der Waals surface area contributed by atoms with Crippen LogP contribution in [0, 0.1) is 10.1 Å². The van der Waals surface area contributed by atoms with E-state index in [2.05, 4.69) is 0 Å². The second-order valence-electron chi connectivity index (χ2n) is 3.94. The van der Waals surface area contributed by atoms with Crippen LogP contribution in [0.1, 0.15) is 18.5 Å². The van der Waals surface area contributed by atoms with Crippen molar-refractivity contribution in [2.75, 3.05) is 7.05 Å². The molecule has 0 bridgehead atoms. The van der Waals surface area contributed by atoms with Crippen LogP contribution in [-0.4, -0.2) is 29.0 Å². The summed E-state index contributed by atoms with van der Waals surface area (Å²) in [7, 11) is 0.999. The summed E-state index contributed by atoms with van der Waals surface area (Å²) in [6.07, 6.45) is -4.97. The molecule has 104 valence electrons. The average molecular weight is 276 g/mol. The van der Waals surface area contributed by atoms with Crippen LogP contribution in [-0.2, 0) is 4.79 Å². The first-order chi connectivity index (χ1) is 8.64. The molecule has 0 aliphatic rings. The molecule has 0 spiro atoms. The van der Waals surface area contributed by atoms with E-state index in [-0.39, 0.29) is 11.3 Å². The third-order valence-electron chi connectivity index (χ3n) is 2.71. The van der Waals surface area contributed by atoms with Crippen molar-refractivity contribution in [2.45, 2.75) is 19.1 Å². The highest BCUT2D eigenvalue weighted by Gasteiger charge is 2.42. The van der Waals surface area contributed by atoms with Gasteiger partial charge in [-0.25, -0.2) is 0 Å². The summed E-state index contributed by atoms with van der Waals surface area (Å²) in [5, 5.41) is 10.6. The SMILES string of the molecule is CC(c1cccc([N+](=O)[O-])c1)N(C)C(=O)C(F)(F)F. The average Bonchev–Trinajstić information content (AvgIpc) is 2.35. The highest BCUT2D eigenvalue weighted by Crippen LogP contribution is 2.27. The lowest BCUT2D eigenvalue weighted by molar-refractivity contribution is -0.384. The molecule has 0 aliphatic carbocycles. The summed E-state index contributed by atoms with van der Waals surface area (Å²) in [5.41, 5.74) is 0.0199. The predicted octanol–water partition coefficient (Wildman–Crippen LogP) is 2.68. The van der Waals surface area contributed by atoms with Gasteiger partial charge in [0.1, 0.15) is 0 Å². The summed E-state index contributed by atoms with van der Waals surface area (Å²) in [5.74, 6) is -1.99. The summed E-state index contributed by atoms with van der Waals surface area (Å²) >= 11 is 0. The van der Waals surface area contributed by atoms with Gasteiger partial charge in [0.15, 0.2) is 0 Å². The molecule has 0 aliphatic heterocycles. The number of benzene rings is 1. The number of carbonyl (C=O) groups excluding carboxylic acids is 1. The van der Waals surface area contributed by atoms with E-state index in [1.54, 1.807) is 0 Å². The van der Waals surface area contributed by atoms with Gasteiger partial charge in [-0.1, -0.05) is 12.1 Å². The molecule has 5 nitrogen and oxygen atoms in total. The minimum absolute atomic E-state index is 0.239. The fraction of sp³-hybridized carbons (Fsp3) is 0.364. The van der Waals surface area contributed by atoms with Crippen molar-refractivity contribution in [3.05, 3.63) is 39.9 Å². The summed E-state index contributed by atoms with van der Waals surface area (Å²) < 4.78 is 36.9. The van der Waals surface area contributed by atoms with Crippen molar-refractivity contribution in [3.8, 4) is 0 Å². The fourth-order valence-electron chi connectivity index (χ4n) is 1.50. The van der Waals surface area contributed by atoms with Crippen molar-refractivity contribution in [3.63, 3.8) is 0 Å². The second-order valence-corrected chi connectivity index (χ2v) is 3.94. The van der Waals surface area contributed by atoms with Gasteiger partial charge in [-0.3, -0.25) is 14.9 Å². The maximum absolute atomic E-state index is 12.3. The Kier molecular flexibility index (Phi) is 4.13. The summed E-state index contributed by atoms with van der Waals surface area (Å²) in [6, 6.07) is 4.23. The van der Waals surface area contributed by atoms with E-state index in [1.165, 1.54) is 25.1 Å². The number of alkyl halides is 3. The number of rotatable bonds is 3. The highest BCUT2D eigenvalue weighted by molar-refractivity contribution is 5.82. The molecule has 1 rings (SSSR count). The predicted molar refractivity (Wildman–Crippen MR) is 60.3 cm³/mol. The zero-order valence-electron chi connectivity index (χ0n) is 10.1. The van der Waals surface area contributed by atoms with E-state index in [0.717, 1.165) is 13.1 Å². The van der Waals surface area contributed by atoms with Crippen LogP contribution >= 0.6 is 0 Å². The van der Waals surface area contributed by atoms with Gasteiger partial charge < -0.3 is 4.90 Å². The van der Waals surface area contributed by atoms with Crippen LogP contribution in [0.4, 0.5) is 18.9 Å². The van der Waals surface area contributed by atoms with E-state index in [4.69, 9.17) is 0 Å². The Morgan fingerprint density at radius 2 is 2.00 bits per heavy atom. The third-order valence-corrected chi connectivity index (χ3v) is 2.71. The van der Waals surface area contributed by atoms with Gasteiger partial charge in [-0.15, -0.1) is 0 Å². The van der Waals surface area contributed by atoms with E-state index in [1.807, 2.05) is 0 Å². The standard InChI is InChI=1S/C11H11F3N2O3/c1-7(15(2)10(17)11(12,13)14)8-4-3-5-9(6-8)16(18)19/h3-7H,1-2H3. The van der Waals surface area contributed by atoms with Crippen molar-refractivity contribution < 1.29 is 22.9 Å². The first-order valence-electron chi connectivity index (χ1n) is 5.23. The molecule has 19 heavy (non-hydrogen) atoms. The smallest absolute Gasteiger partial charge is 0.331 e. The van der Waals surface area contributed by atoms with Gasteiger partial charge in [-0.2, -0.15) is 13.2 Å². The Labute approximate surface area is 106 Å². The first kappa shape index (κ1) is 14.9. The minimum atomic E-state index is -4.97. The Balaban J connectivity index is 3.00. The Hall–Kier alpha value is -2.12. The molecule has 0 N–H and O–H groups in total. The Morgan fingerprint density at radius 1 is 1.42 bits per heavy atom. The highest BCUT2D eigenvalue weighted by atomic mass is 19.4. The maximum Gasteiger partial charge on any atom is 0.471 e. The molecule has 0 heterocycles. The normalized spacial score (nSPS) is 12.9. The number of nitrogens with zero attached hydrogens (tertiary/aromatic N) is 2. The third kappa shape index (κ3) is 3.43. The second kappa shape index (κ2) is 5.25. The molecule has 1 aromatic carbocycles. The van der Waals surface area contributed by atoms with Crippen LogP contribution in [0.5, 0.6) is 0 Å². The number of non-ortho nitro benzene ring substituents is 1. The van der Waals surface area contributed by atoms with E-state index >= 15 is 0 Å². The van der Waals surface area contributed by atoms with Crippen LogP contribution in [0.15, 0.2) is 24.3 Å². The lowest BCUT2D eigenvalue weighted by atomic mass is 10.1. The van der Waals surface area contributed by atoms with Crippen LogP contribution < -0.4 is 0 Å². The Bertz CT molecular complexity index is 502. The maximum atomic E-state index is 12.3. The van der Waals surface area contributed by atoms with Crippen LogP contribution in [0.3, 0.4) is 0 Å². The number of hydrogen-bond acceptors (Lipinski definition) is 3. The van der Waals surface area contributed by atoms with Crippen molar-refractivity contribution in [1.29, 1.82) is 0 Å². The lowest BCUT2D eigenvalue weighted by Crippen LogP contribution is -2.39. The molecule has 1 atom stereocenters. The van der Waals surface area contributed by atoms with E-state index in [0.29, 0.717) is 4.90 Å². The number of nitro benzene ring substituents is 1. The van der Waals surface area contributed by atoms with Gasteiger partial charge >= 0.3 is 12.1 Å². The molecule has 1 unspecified atom stereocenters. The zero-order chi connectivity index (χ0) is 14.8. The van der Waals surface area contributed by atoms with Crippen molar-refractivity contribution in [2.24, 2.45) is 0 Å². The molecule has 1 amide bonds. The van der Waals surface area contributed by atoms with Crippen LogP contribution in [0.2, 0.25) is 0 Å². The van der Waals surface area contributed by atoms with Crippen LogP contribution in [0.25, 0.3) is 0 Å². The minimum Gasteiger partial charge on any atom is -0.331 e. The van der Waals surface area contributed by atoms with Crippen molar-refractivity contribution in [1.82, 2.24) is 4.90 Å². The molecule has 0 aromatic heterocycles. The number of hydrogen-bond donors (Lipinski definition) is 0. The number of halogens is 3. The molecule has 0 radical (unpaired) electrons. The molecular weight excluding hydrogens is 265 g/mol. The molecular formula is C11H11F3N2O3. The topological polar surface area (TPSA) is 63.5 Å². The summed E-state index contributed by atoms with van der Waals surface area (Å²) in [4.78, 5) is 21.5. The molecule has 0 saturated carbocycles. The van der Waals surface area contributed by atoms with Crippen molar-refractivity contribution >= 4 is 11.6 Å². The lowest BCUT2D eigenvalue weighted by Gasteiger charge is -2.25. The summed E-state index contributed by atoms with van der Waals surface area (Å²) in [6.45, 7) is 1.36. The number of carbonyl (C=O) groups is 1. The van der Waals surface area contributed by atoms with Gasteiger partial charge in [0, 0.05) is 19.2 Å². The molecule has 1 aromatic rings. The van der Waals surface area contributed by atoms with Gasteiger partial charge in [0.05, 0.1) is 11.0 Å². The number of nitro groups is 1. The van der Waals surface area contributed by atoms with Gasteiger partial charge in [0.2, 0.25) is 0 Å². The van der Waals surface area contributed by atoms with E-state index in [9.17, 15) is 28.1 Å². The molecule has 0 fully saturated rings. The first-order valence-corrected chi connectivity index (χ1v) is 5.23. The fourth-order valence-corrected chi connectivity index (χ4v) is 1.50. The largest absolute Gasteiger partial charge is 0.471 e. The van der Waals surface area contributed by atoms with Gasteiger partial charge in [0.25, 0.3) is 5.69 Å². The van der Waals surface area contributed by atoms with Gasteiger partial charge in [-0.05, 0) is 12.5 Å². The zero-order valence-corrected chi connectivity index (χ0v) is 10.1. The molecule has 8 heteroatoms. The van der Waals surface area contributed by atoms with E-state index < -0.39 is 23.0 Å². The Morgan fingerprint density at radius 3 is 2.47 bits per heavy atom. The number of amides is 1.